The molecule has 0 aromatic heterocycles. The van der Waals surface area contributed by atoms with Gasteiger partial charge in [-0.3, -0.25) is 0 Å². The van der Waals surface area contributed by atoms with Crippen LogP contribution in [0.25, 0.3) is 0 Å². The second-order valence-corrected chi connectivity index (χ2v) is 16.4. The SMILES string of the molecule is Cc1cc(O[Si](C)(C)C(C)(C)C)c(C23CC4CC(CC(C4)C2)C3)cc1B(O)O. The molecule has 1 aromatic carbocycles. The molecule has 4 fully saturated rings. The maximum atomic E-state index is 9.99. The van der Waals surface area contributed by atoms with Crippen molar-refractivity contribution in [2.45, 2.75) is 89.8 Å². The summed E-state index contributed by atoms with van der Waals surface area (Å²) in [6.45, 7) is 13.4. The Hall–Kier alpha value is -0.778. The molecule has 0 aliphatic heterocycles. The maximum absolute atomic E-state index is 9.99. The first-order valence-electron chi connectivity index (χ1n) is 11.1. The number of hydrogen-bond acceptors (Lipinski definition) is 3. The van der Waals surface area contributed by atoms with Crippen molar-refractivity contribution in [3.05, 3.63) is 23.3 Å². The summed E-state index contributed by atoms with van der Waals surface area (Å²) in [5, 5.41) is 20.1. The summed E-state index contributed by atoms with van der Waals surface area (Å²) < 4.78 is 6.88. The van der Waals surface area contributed by atoms with Crippen LogP contribution >= 0.6 is 0 Å². The molecule has 4 bridgehead atoms. The van der Waals surface area contributed by atoms with Gasteiger partial charge in [-0.2, -0.15) is 0 Å². The van der Waals surface area contributed by atoms with E-state index >= 15 is 0 Å². The fourth-order valence-electron chi connectivity index (χ4n) is 6.34. The smallest absolute Gasteiger partial charge is 0.488 e. The molecule has 1 aromatic rings. The van der Waals surface area contributed by atoms with Crippen LogP contribution in [0.1, 0.15) is 70.4 Å². The molecule has 0 atom stereocenters. The molecule has 5 rings (SSSR count). The number of hydrogen-bond donors (Lipinski definition) is 2. The lowest BCUT2D eigenvalue weighted by atomic mass is 9.47. The topological polar surface area (TPSA) is 49.7 Å². The first-order chi connectivity index (χ1) is 12.9. The molecule has 4 aliphatic rings. The highest BCUT2D eigenvalue weighted by Crippen LogP contribution is 2.62. The molecule has 4 saturated carbocycles. The van der Waals surface area contributed by atoms with Gasteiger partial charge in [0.1, 0.15) is 5.75 Å². The van der Waals surface area contributed by atoms with Crippen LogP contribution in [-0.2, 0) is 5.41 Å². The Kier molecular flexibility index (Phi) is 4.84. The zero-order valence-electron chi connectivity index (χ0n) is 18.5. The fraction of sp³-hybridized carbons (Fsp3) is 0.739. The summed E-state index contributed by atoms with van der Waals surface area (Å²) in [7, 11) is -3.41. The van der Waals surface area contributed by atoms with Crippen LogP contribution in [0, 0.1) is 24.7 Å². The Bertz CT molecular complexity index is 731. The Balaban J connectivity index is 1.82. The van der Waals surface area contributed by atoms with Crippen molar-refractivity contribution in [1.82, 2.24) is 0 Å². The van der Waals surface area contributed by atoms with Gasteiger partial charge in [0.05, 0.1) is 0 Å². The van der Waals surface area contributed by atoms with Crippen molar-refractivity contribution in [3.8, 4) is 5.75 Å². The quantitative estimate of drug-likeness (QED) is 0.731. The molecule has 154 valence electrons. The summed E-state index contributed by atoms with van der Waals surface area (Å²) in [6, 6.07) is 4.19. The van der Waals surface area contributed by atoms with Gasteiger partial charge in [0, 0.05) is 0 Å². The third kappa shape index (κ3) is 3.37. The van der Waals surface area contributed by atoms with Crippen LogP contribution in [0.2, 0.25) is 18.1 Å². The van der Waals surface area contributed by atoms with E-state index in [1.54, 1.807) is 0 Å². The van der Waals surface area contributed by atoms with Crippen molar-refractivity contribution in [1.29, 1.82) is 0 Å². The lowest BCUT2D eigenvalue weighted by Gasteiger charge is -2.57. The molecule has 0 unspecified atom stereocenters. The molecule has 28 heavy (non-hydrogen) atoms. The standard InChI is InChI=1S/C23H37BO3Si/c1-15-7-21(27-28(5,6)22(2,3)4)19(11-20(15)24(25)26)23-12-16-8-17(13-23)10-18(9-16)14-23/h7,11,16-18,25-26H,8-10,12-14H2,1-6H3. The van der Waals surface area contributed by atoms with Crippen molar-refractivity contribution < 1.29 is 14.5 Å². The molecule has 3 nitrogen and oxygen atoms in total. The van der Waals surface area contributed by atoms with E-state index in [9.17, 15) is 10.0 Å². The third-order valence-electron chi connectivity index (χ3n) is 8.43. The zero-order valence-corrected chi connectivity index (χ0v) is 19.5. The van der Waals surface area contributed by atoms with E-state index in [1.807, 2.05) is 6.92 Å². The fourth-order valence-corrected chi connectivity index (χ4v) is 7.37. The van der Waals surface area contributed by atoms with Crippen LogP contribution in [-0.4, -0.2) is 25.5 Å². The molecular weight excluding hydrogens is 363 g/mol. The Labute approximate surface area is 172 Å². The lowest BCUT2D eigenvalue weighted by molar-refractivity contribution is -0.00583. The normalized spacial score (nSPS) is 31.9. The van der Waals surface area contributed by atoms with Crippen molar-refractivity contribution >= 4 is 20.9 Å². The average Bonchev–Trinajstić information content (AvgIpc) is 2.51. The number of rotatable bonds is 4. The first kappa shape index (κ1) is 20.5. The van der Waals surface area contributed by atoms with Crippen LogP contribution in [0.15, 0.2) is 12.1 Å². The summed E-state index contributed by atoms with van der Waals surface area (Å²) in [5.41, 5.74) is 3.00. The molecule has 0 heterocycles. The van der Waals surface area contributed by atoms with Gasteiger partial charge in [-0.15, -0.1) is 0 Å². The van der Waals surface area contributed by atoms with Gasteiger partial charge >= 0.3 is 7.12 Å². The van der Waals surface area contributed by atoms with Crippen LogP contribution in [0.5, 0.6) is 5.75 Å². The average molecular weight is 400 g/mol. The van der Waals surface area contributed by atoms with E-state index in [0.717, 1.165) is 29.1 Å². The minimum Gasteiger partial charge on any atom is -0.543 e. The monoisotopic (exact) mass is 400 g/mol. The van der Waals surface area contributed by atoms with Crippen LogP contribution in [0.4, 0.5) is 0 Å². The first-order valence-corrected chi connectivity index (χ1v) is 14.0. The van der Waals surface area contributed by atoms with Crippen molar-refractivity contribution in [3.63, 3.8) is 0 Å². The number of benzene rings is 1. The number of aryl methyl sites for hydroxylation is 1. The molecule has 5 heteroatoms. The molecule has 0 saturated heterocycles. The molecule has 0 amide bonds. The Morgan fingerprint density at radius 1 is 1.00 bits per heavy atom. The second-order valence-electron chi connectivity index (χ2n) is 11.6. The van der Waals surface area contributed by atoms with Gasteiger partial charge in [-0.05, 0) is 109 Å². The van der Waals surface area contributed by atoms with Crippen molar-refractivity contribution in [2.24, 2.45) is 17.8 Å². The second kappa shape index (κ2) is 6.61. The third-order valence-corrected chi connectivity index (χ3v) is 12.8. The van der Waals surface area contributed by atoms with Gasteiger partial charge in [0.2, 0.25) is 8.32 Å². The summed E-state index contributed by atoms with van der Waals surface area (Å²) in [6.07, 6.45) is 7.95. The predicted molar refractivity (Wildman–Crippen MR) is 119 cm³/mol. The van der Waals surface area contributed by atoms with E-state index in [1.165, 1.54) is 44.1 Å². The molecule has 2 N–H and O–H groups in total. The van der Waals surface area contributed by atoms with E-state index in [2.05, 4.69) is 46.0 Å². The minimum absolute atomic E-state index is 0.134. The largest absolute Gasteiger partial charge is 0.543 e. The summed E-state index contributed by atoms with van der Waals surface area (Å²) >= 11 is 0. The summed E-state index contributed by atoms with van der Waals surface area (Å²) in [4.78, 5) is 0. The highest BCUT2D eigenvalue weighted by Gasteiger charge is 2.53. The molecular formula is C23H37BO3Si. The predicted octanol–water partition coefficient (Wildman–Crippen LogP) is 4.53. The van der Waals surface area contributed by atoms with Gasteiger partial charge in [0.25, 0.3) is 0 Å². The van der Waals surface area contributed by atoms with Crippen LogP contribution in [0.3, 0.4) is 0 Å². The summed E-state index contributed by atoms with van der Waals surface area (Å²) in [5.74, 6) is 3.55. The van der Waals surface area contributed by atoms with E-state index in [4.69, 9.17) is 4.43 Å². The van der Waals surface area contributed by atoms with Gasteiger partial charge in [-0.1, -0.05) is 26.8 Å². The van der Waals surface area contributed by atoms with Gasteiger partial charge in [-0.25, -0.2) is 0 Å². The molecule has 0 radical (unpaired) electrons. The molecule has 4 aliphatic carbocycles. The van der Waals surface area contributed by atoms with E-state index in [-0.39, 0.29) is 10.5 Å². The minimum atomic E-state index is -1.98. The zero-order chi connectivity index (χ0) is 20.5. The Morgan fingerprint density at radius 2 is 1.50 bits per heavy atom. The van der Waals surface area contributed by atoms with Gasteiger partial charge in [0.15, 0.2) is 0 Å². The van der Waals surface area contributed by atoms with Crippen LogP contribution < -0.4 is 9.89 Å². The lowest BCUT2D eigenvalue weighted by Crippen LogP contribution is -2.50. The van der Waals surface area contributed by atoms with Gasteiger partial charge < -0.3 is 14.5 Å². The van der Waals surface area contributed by atoms with Crippen molar-refractivity contribution in [2.75, 3.05) is 0 Å². The highest BCUT2D eigenvalue weighted by molar-refractivity contribution is 6.74. The van der Waals surface area contributed by atoms with E-state index in [0.29, 0.717) is 5.46 Å². The molecule has 0 spiro atoms. The maximum Gasteiger partial charge on any atom is 0.488 e. The highest BCUT2D eigenvalue weighted by atomic mass is 28.4. The van der Waals surface area contributed by atoms with E-state index < -0.39 is 15.4 Å². The Morgan fingerprint density at radius 3 is 1.93 bits per heavy atom.